The van der Waals surface area contributed by atoms with E-state index in [1.54, 1.807) is 0 Å². The van der Waals surface area contributed by atoms with Crippen LogP contribution in [0.3, 0.4) is 0 Å². The summed E-state index contributed by atoms with van der Waals surface area (Å²) in [5, 5.41) is 0. The van der Waals surface area contributed by atoms with Crippen molar-refractivity contribution in [1.29, 1.82) is 0 Å². The highest BCUT2D eigenvalue weighted by molar-refractivity contribution is 7.91. The first-order chi connectivity index (χ1) is 15.5. The molecule has 6 bridgehead atoms. The summed E-state index contributed by atoms with van der Waals surface area (Å²) in [4.78, 5) is 0. The van der Waals surface area contributed by atoms with Crippen molar-refractivity contribution in [2.45, 2.75) is 77.0 Å². The summed E-state index contributed by atoms with van der Waals surface area (Å²) in [7, 11) is -9.41. The summed E-state index contributed by atoms with van der Waals surface area (Å²) < 4.78 is 77.1. The van der Waals surface area contributed by atoms with Gasteiger partial charge in [0.15, 0.2) is 29.5 Å². The Labute approximate surface area is 201 Å². The normalized spacial score (nSPS) is 41.8. The average Bonchev–Trinajstić information content (AvgIpc) is 2.70. The third-order valence-corrected chi connectivity index (χ3v) is 14.7. The minimum atomic E-state index is -3.14. The molecule has 6 nitrogen and oxygen atoms in total. The van der Waals surface area contributed by atoms with E-state index in [2.05, 4.69) is 0 Å². The van der Waals surface area contributed by atoms with Crippen LogP contribution in [0, 0.1) is 35.5 Å². The Kier molecular flexibility index (Phi) is 8.21. The summed E-state index contributed by atoms with van der Waals surface area (Å²) in [5.74, 6) is 2.27. The van der Waals surface area contributed by atoms with Crippen molar-refractivity contribution in [1.82, 2.24) is 0 Å². The zero-order valence-electron chi connectivity index (χ0n) is 19.9. The van der Waals surface area contributed by atoms with Crippen molar-refractivity contribution in [3.05, 3.63) is 0 Å². The monoisotopic (exact) mass is 522 g/mol. The molecule has 0 aromatic heterocycles. The quantitative estimate of drug-likeness (QED) is 0.481. The van der Waals surface area contributed by atoms with E-state index >= 15 is 0 Å². The molecule has 9 heteroatoms. The number of sulfone groups is 3. The summed E-state index contributed by atoms with van der Waals surface area (Å²) >= 11 is 0. The molecular formula is C24H42O6S3. The van der Waals surface area contributed by atoms with Gasteiger partial charge in [0.25, 0.3) is 0 Å². The van der Waals surface area contributed by atoms with Gasteiger partial charge in [0.05, 0.1) is 34.5 Å². The van der Waals surface area contributed by atoms with Crippen LogP contribution in [0.5, 0.6) is 0 Å². The van der Waals surface area contributed by atoms with Crippen LogP contribution in [-0.2, 0) is 29.5 Å². The molecule has 0 radical (unpaired) electrons. The Morgan fingerprint density at radius 3 is 0.515 bits per heavy atom. The molecule has 0 atom stereocenters. The van der Waals surface area contributed by atoms with Crippen molar-refractivity contribution < 1.29 is 25.3 Å². The summed E-state index contributed by atoms with van der Waals surface area (Å²) in [6.45, 7) is 0. The van der Waals surface area contributed by atoms with Crippen LogP contribution in [0.25, 0.3) is 0 Å². The Hall–Kier alpha value is -0.150. The second-order valence-corrected chi connectivity index (χ2v) is 18.4. The van der Waals surface area contributed by atoms with E-state index < -0.39 is 29.5 Å². The molecule has 7 rings (SSSR count). The minimum absolute atomic E-state index is 0.153. The molecule has 4 heterocycles. The zero-order valence-corrected chi connectivity index (χ0v) is 22.3. The molecule has 0 aromatic carbocycles. The fourth-order valence-corrected chi connectivity index (χ4v) is 13.8. The van der Waals surface area contributed by atoms with Gasteiger partial charge in [-0.05, 0) is 113 Å². The van der Waals surface area contributed by atoms with Crippen molar-refractivity contribution in [3.8, 4) is 0 Å². The van der Waals surface area contributed by atoms with E-state index in [0.29, 0.717) is 0 Å². The first-order valence-corrected chi connectivity index (χ1v) is 18.5. The average molecular weight is 523 g/mol. The lowest BCUT2D eigenvalue weighted by Crippen LogP contribution is -2.30. The number of hydrogen-bond acceptors (Lipinski definition) is 6. The smallest absolute Gasteiger partial charge is 0.150 e. The van der Waals surface area contributed by atoms with E-state index in [-0.39, 0.29) is 70.0 Å². The highest BCUT2D eigenvalue weighted by Crippen LogP contribution is 2.36. The van der Waals surface area contributed by atoms with Gasteiger partial charge in [-0.25, -0.2) is 25.3 Å². The second-order valence-electron chi connectivity index (χ2n) is 11.9. The van der Waals surface area contributed by atoms with Crippen LogP contribution in [0.1, 0.15) is 77.0 Å². The van der Waals surface area contributed by atoms with Gasteiger partial charge in [0.1, 0.15) is 0 Å². The van der Waals surface area contributed by atoms with Crippen LogP contribution in [0.15, 0.2) is 0 Å². The van der Waals surface area contributed by atoms with Gasteiger partial charge < -0.3 is 0 Å². The molecule has 7 aliphatic rings. The van der Waals surface area contributed by atoms with Gasteiger partial charge in [0, 0.05) is 0 Å². The third kappa shape index (κ3) is 7.92. The molecule has 0 unspecified atom stereocenters. The third-order valence-electron chi connectivity index (χ3n) is 8.84. The molecule has 3 saturated carbocycles. The lowest BCUT2D eigenvalue weighted by molar-refractivity contribution is 0.302. The van der Waals surface area contributed by atoms with E-state index in [4.69, 9.17) is 0 Å². The van der Waals surface area contributed by atoms with Crippen LogP contribution < -0.4 is 0 Å². The molecular weight excluding hydrogens is 480 g/mol. The number of rotatable bonds is 0. The SMILES string of the molecule is O=S1(=O)CC2CCC(CC2)CS(=O)(=O)CC2CCC(CC2)CS(=O)(=O)CC2CCC(CC2)C1. The molecule has 3 aliphatic carbocycles. The maximum atomic E-state index is 12.9. The summed E-state index contributed by atoms with van der Waals surface area (Å²) in [6.07, 6.45) is 9.78. The van der Waals surface area contributed by atoms with Crippen molar-refractivity contribution >= 4 is 29.5 Å². The van der Waals surface area contributed by atoms with Crippen LogP contribution in [-0.4, -0.2) is 59.8 Å². The van der Waals surface area contributed by atoms with E-state index in [1.807, 2.05) is 0 Å². The molecule has 7 fully saturated rings. The van der Waals surface area contributed by atoms with Gasteiger partial charge in [-0.2, -0.15) is 0 Å². The van der Waals surface area contributed by atoms with Gasteiger partial charge in [-0.15, -0.1) is 0 Å². The lowest BCUT2D eigenvalue weighted by Gasteiger charge is -2.30. The van der Waals surface area contributed by atoms with Gasteiger partial charge in [-0.1, -0.05) is 0 Å². The maximum absolute atomic E-state index is 12.9. The predicted octanol–water partition coefficient (Wildman–Crippen LogP) is 3.66. The highest BCUT2D eigenvalue weighted by atomic mass is 32.2. The Morgan fingerprint density at radius 2 is 0.394 bits per heavy atom. The standard InChI is InChI=1S/C24H42O6S3/c25-31(26)13-19-1-2-20(4-3-19)14-32(27,28)16-22-9-11-24(12-10-22)18-33(29,30)17-23-7-5-21(15-31)6-8-23/h19-24H,1-18H2. The predicted molar refractivity (Wildman–Crippen MR) is 132 cm³/mol. The molecule has 192 valence electrons. The van der Waals surface area contributed by atoms with E-state index in [9.17, 15) is 25.3 Å². The van der Waals surface area contributed by atoms with Crippen molar-refractivity contribution in [2.24, 2.45) is 35.5 Å². The molecule has 0 amide bonds. The van der Waals surface area contributed by atoms with E-state index in [0.717, 1.165) is 77.0 Å². The van der Waals surface area contributed by atoms with Gasteiger partial charge >= 0.3 is 0 Å². The van der Waals surface area contributed by atoms with Crippen LogP contribution in [0.2, 0.25) is 0 Å². The zero-order chi connectivity index (χ0) is 23.7. The maximum Gasteiger partial charge on any atom is 0.150 e. The molecule has 4 saturated heterocycles. The van der Waals surface area contributed by atoms with E-state index in [1.165, 1.54) is 0 Å². The minimum Gasteiger partial charge on any atom is -0.229 e. The molecule has 0 spiro atoms. The molecule has 4 aliphatic heterocycles. The van der Waals surface area contributed by atoms with Crippen LogP contribution in [0.4, 0.5) is 0 Å². The summed E-state index contributed by atoms with van der Waals surface area (Å²) in [6, 6.07) is 0. The van der Waals surface area contributed by atoms with Gasteiger partial charge in [0.2, 0.25) is 0 Å². The van der Waals surface area contributed by atoms with Crippen molar-refractivity contribution in [3.63, 3.8) is 0 Å². The lowest BCUT2D eigenvalue weighted by atomic mass is 9.84. The fourth-order valence-electron chi connectivity index (χ4n) is 7.05. The summed E-state index contributed by atoms with van der Waals surface area (Å²) in [5.41, 5.74) is 0. The molecule has 0 N–H and O–H groups in total. The topological polar surface area (TPSA) is 102 Å². The van der Waals surface area contributed by atoms with Crippen molar-refractivity contribution in [2.75, 3.05) is 34.5 Å². The first kappa shape index (κ1) is 25.9. The Bertz CT molecular complexity index is 773. The number of fused-ring (bicyclic) bond motifs is 3. The Morgan fingerprint density at radius 1 is 0.273 bits per heavy atom. The fraction of sp³-hybridized carbons (Fsp3) is 1.00. The first-order valence-electron chi connectivity index (χ1n) is 13.1. The number of hydrogen-bond donors (Lipinski definition) is 0. The largest absolute Gasteiger partial charge is 0.229 e. The van der Waals surface area contributed by atoms with Crippen LogP contribution >= 0.6 is 0 Å². The highest BCUT2D eigenvalue weighted by Gasteiger charge is 2.34. The molecule has 33 heavy (non-hydrogen) atoms. The molecule has 0 aromatic rings. The Balaban J connectivity index is 1.45. The second kappa shape index (κ2) is 10.5. The van der Waals surface area contributed by atoms with Gasteiger partial charge in [-0.3, -0.25) is 0 Å².